The largest absolute Gasteiger partial charge is 0.479 e. The number of hydrogen-bond acceptors (Lipinski definition) is 3. The highest BCUT2D eigenvalue weighted by molar-refractivity contribution is 5.79. The molecule has 24 heavy (non-hydrogen) atoms. The molecule has 4 nitrogen and oxygen atoms in total. The van der Waals surface area contributed by atoms with Gasteiger partial charge in [0.15, 0.2) is 5.60 Å². The molecule has 0 heterocycles. The third-order valence-electron chi connectivity index (χ3n) is 4.73. The van der Waals surface area contributed by atoms with Crippen LogP contribution in [0.2, 0.25) is 0 Å². The fourth-order valence-corrected chi connectivity index (χ4v) is 3.31. The van der Waals surface area contributed by atoms with E-state index in [1.165, 1.54) is 0 Å². The molecule has 0 unspecified atom stereocenters. The third kappa shape index (κ3) is 4.37. The molecule has 0 aliphatic heterocycles. The van der Waals surface area contributed by atoms with Crippen LogP contribution in [-0.2, 0) is 16.8 Å². The summed E-state index contributed by atoms with van der Waals surface area (Å²) in [4.78, 5) is 13.8. The van der Waals surface area contributed by atoms with E-state index >= 15 is 0 Å². The maximum absolute atomic E-state index is 11.8. The van der Waals surface area contributed by atoms with Gasteiger partial charge in [0, 0.05) is 12.3 Å². The Kier molecular flexibility index (Phi) is 6.42. The van der Waals surface area contributed by atoms with Crippen LogP contribution in [0.5, 0.6) is 0 Å². The van der Waals surface area contributed by atoms with Gasteiger partial charge in [-0.25, -0.2) is 4.79 Å². The van der Waals surface area contributed by atoms with Crippen molar-refractivity contribution in [1.82, 2.24) is 4.90 Å². The number of hydrogen-bond donors (Lipinski definition) is 2. The van der Waals surface area contributed by atoms with Gasteiger partial charge in [0.1, 0.15) is 0 Å². The molecule has 4 heteroatoms. The first-order chi connectivity index (χ1) is 11.4. The van der Waals surface area contributed by atoms with Crippen molar-refractivity contribution in [3.8, 4) is 11.8 Å². The summed E-state index contributed by atoms with van der Waals surface area (Å²) in [7, 11) is 3.95. The van der Waals surface area contributed by atoms with Gasteiger partial charge in [0.2, 0.25) is 0 Å². The predicted octanol–water partition coefficient (Wildman–Crippen LogP) is 2.65. The zero-order chi connectivity index (χ0) is 17.6. The van der Waals surface area contributed by atoms with Gasteiger partial charge in [-0.2, -0.15) is 0 Å². The zero-order valence-electron chi connectivity index (χ0n) is 14.6. The molecule has 1 aliphatic carbocycles. The Labute approximate surface area is 144 Å². The molecule has 2 N–H and O–H groups in total. The van der Waals surface area contributed by atoms with E-state index in [1.807, 2.05) is 31.1 Å². The van der Waals surface area contributed by atoms with Crippen LogP contribution in [0.15, 0.2) is 24.3 Å². The lowest BCUT2D eigenvalue weighted by atomic mass is 9.73. The van der Waals surface area contributed by atoms with Crippen LogP contribution >= 0.6 is 0 Å². The number of carbonyl (C=O) groups is 1. The van der Waals surface area contributed by atoms with E-state index in [0.717, 1.165) is 44.2 Å². The highest BCUT2D eigenvalue weighted by Crippen LogP contribution is 2.39. The number of carboxylic acids is 1. The lowest BCUT2D eigenvalue weighted by Gasteiger charge is -2.35. The molecule has 0 bridgehead atoms. The van der Waals surface area contributed by atoms with Gasteiger partial charge < -0.3 is 10.2 Å². The molecule has 1 fully saturated rings. The number of carboxylic acid groups (broad SMARTS) is 1. The maximum Gasteiger partial charge on any atom is 0.340 e. The van der Waals surface area contributed by atoms with Crippen molar-refractivity contribution in [2.75, 3.05) is 20.6 Å². The third-order valence-corrected chi connectivity index (χ3v) is 4.73. The second-order valence-electron chi connectivity index (χ2n) is 6.87. The molecule has 0 saturated heterocycles. The van der Waals surface area contributed by atoms with Crippen LogP contribution in [0.25, 0.3) is 0 Å². The van der Waals surface area contributed by atoms with Crippen molar-refractivity contribution >= 4 is 5.97 Å². The standard InChI is InChI=1S/C20H27NO3/c1-21(2)15-7-6-8-16-11-13-18(14-12-16)20(24,19(22)23)17-9-4-3-5-10-17/h11-14,17,24H,3-5,8-10,15H2,1-2H3,(H,22,23)/t20-/m1/s1. The first-order valence-corrected chi connectivity index (χ1v) is 8.60. The van der Waals surface area contributed by atoms with Crippen LogP contribution in [0.3, 0.4) is 0 Å². The van der Waals surface area contributed by atoms with Crippen LogP contribution in [-0.4, -0.2) is 41.7 Å². The van der Waals surface area contributed by atoms with Crippen molar-refractivity contribution in [3.63, 3.8) is 0 Å². The summed E-state index contributed by atoms with van der Waals surface area (Å²) in [6.45, 7) is 0.721. The summed E-state index contributed by atoms with van der Waals surface area (Å²) in [5.74, 6) is 4.83. The normalized spacial score (nSPS) is 17.8. The molecular formula is C20H27NO3. The van der Waals surface area contributed by atoms with E-state index in [0.29, 0.717) is 12.0 Å². The second-order valence-corrected chi connectivity index (χ2v) is 6.87. The van der Waals surface area contributed by atoms with Gasteiger partial charge >= 0.3 is 5.97 Å². The minimum atomic E-state index is -1.78. The summed E-state index contributed by atoms with van der Waals surface area (Å²) < 4.78 is 0. The summed E-state index contributed by atoms with van der Waals surface area (Å²) in [5, 5.41) is 20.6. The summed E-state index contributed by atoms with van der Waals surface area (Å²) >= 11 is 0. The average molecular weight is 329 g/mol. The Morgan fingerprint density at radius 1 is 1.17 bits per heavy atom. The van der Waals surface area contributed by atoms with Crippen molar-refractivity contribution < 1.29 is 15.0 Å². The van der Waals surface area contributed by atoms with Gasteiger partial charge in [-0.1, -0.05) is 55.4 Å². The molecule has 1 atom stereocenters. The van der Waals surface area contributed by atoms with Crippen LogP contribution < -0.4 is 0 Å². The summed E-state index contributed by atoms with van der Waals surface area (Å²) in [6.07, 6.45) is 5.25. The summed E-state index contributed by atoms with van der Waals surface area (Å²) in [5.41, 5.74) is -0.275. The van der Waals surface area contributed by atoms with E-state index in [9.17, 15) is 15.0 Å². The second kappa shape index (κ2) is 8.32. The topological polar surface area (TPSA) is 60.8 Å². The highest BCUT2D eigenvalue weighted by atomic mass is 16.4. The average Bonchev–Trinajstić information content (AvgIpc) is 2.59. The molecular weight excluding hydrogens is 302 g/mol. The fraction of sp³-hybridized carbons (Fsp3) is 0.550. The Morgan fingerprint density at radius 3 is 2.33 bits per heavy atom. The fourth-order valence-electron chi connectivity index (χ4n) is 3.31. The number of aliphatic carboxylic acids is 1. The molecule has 2 rings (SSSR count). The molecule has 130 valence electrons. The van der Waals surface area contributed by atoms with E-state index < -0.39 is 11.6 Å². The Bertz CT molecular complexity index is 606. The zero-order valence-corrected chi connectivity index (χ0v) is 14.6. The van der Waals surface area contributed by atoms with Gasteiger partial charge in [-0.15, -0.1) is 0 Å². The van der Waals surface area contributed by atoms with E-state index in [4.69, 9.17) is 0 Å². The van der Waals surface area contributed by atoms with Crippen molar-refractivity contribution in [3.05, 3.63) is 35.4 Å². The maximum atomic E-state index is 11.8. The predicted molar refractivity (Wildman–Crippen MR) is 94.6 cm³/mol. The molecule has 1 aromatic rings. The van der Waals surface area contributed by atoms with E-state index in [-0.39, 0.29) is 5.92 Å². The first kappa shape index (κ1) is 18.5. The molecule has 0 spiro atoms. The molecule has 1 aromatic carbocycles. The quantitative estimate of drug-likeness (QED) is 0.815. The Morgan fingerprint density at radius 2 is 1.79 bits per heavy atom. The molecule has 1 saturated carbocycles. The SMILES string of the molecule is CN(C)CC#CCc1ccc([C@@](O)(C(=O)O)C2CCCCC2)cc1. The minimum absolute atomic E-state index is 0.213. The van der Waals surface area contributed by atoms with Crippen molar-refractivity contribution in [2.24, 2.45) is 5.92 Å². The van der Waals surface area contributed by atoms with Crippen LogP contribution in [0.4, 0.5) is 0 Å². The Hall–Kier alpha value is -1.83. The highest BCUT2D eigenvalue weighted by Gasteiger charge is 2.45. The number of benzene rings is 1. The first-order valence-electron chi connectivity index (χ1n) is 8.60. The van der Waals surface area contributed by atoms with Crippen molar-refractivity contribution in [1.29, 1.82) is 0 Å². The molecule has 0 aromatic heterocycles. The van der Waals surface area contributed by atoms with Crippen LogP contribution in [0.1, 0.15) is 43.2 Å². The monoisotopic (exact) mass is 329 g/mol. The smallest absolute Gasteiger partial charge is 0.340 e. The number of nitrogens with zero attached hydrogens (tertiary/aromatic N) is 1. The molecule has 1 aliphatic rings. The molecule has 0 radical (unpaired) electrons. The van der Waals surface area contributed by atoms with Gasteiger partial charge in [-0.05, 0) is 38.1 Å². The van der Waals surface area contributed by atoms with Gasteiger partial charge in [-0.3, -0.25) is 4.90 Å². The summed E-state index contributed by atoms with van der Waals surface area (Å²) in [6, 6.07) is 7.23. The number of rotatable bonds is 5. The van der Waals surface area contributed by atoms with Crippen molar-refractivity contribution in [2.45, 2.75) is 44.1 Å². The number of aliphatic hydroxyl groups is 1. The van der Waals surface area contributed by atoms with E-state index in [1.54, 1.807) is 12.1 Å². The minimum Gasteiger partial charge on any atom is -0.479 e. The van der Waals surface area contributed by atoms with E-state index in [2.05, 4.69) is 11.8 Å². The lowest BCUT2D eigenvalue weighted by Crippen LogP contribution is -2.43. The van der Waals surface area contributed by atoms with Crippen LogP contribution in [0, 0.1) is 17.8 Å². The Balaban J connectivity index is 2.13. The van der Waals surface area contributed by atoms with Gasteiger partial charge in [0.25, 0.3) is 0 Å². The molecule has 0 amide bonds. The lowest BCUT2D eigenvalue weighted by molar-refractivity contribution is -0.168. The van der Waals surface area contributed by atoms with Gasteiger partial charge in [0.05, 0.1) is 6.54 Å².